The molecule has 2 aromatic carbocycles. The fraction of sp³-hybridized carbons (Fsp3) is 0.520. The monoisotopic (exact) mass is 466 g/mol. The molecule has 1 aliphatic carbocycles. The second-order valence-corrected chi connectivity index (χ2v) is 8.60. The third-order valence-electron chi connectivity index (χ3n) is 6.82. The normalized spacial score (nSPS) is 24.1. The average Bonchev–Trinajstić information content (AvgIpc) is 2.79. The minimum atomic E-state index is 0. The van der Waals surface area contributed by atoms with E-state index in [-0.39, 0.29) is 30.4 Å². The van der Waals surface area contributed by atoms with Gasteiger partial charge in [0.1, 0.15) is 5.75 Å². The Labute approximate surface area is 199 Å². The first-order valence-corrected chi connectivity index (χ1v) is 11.0. The number of benzene rings is 2. The van der Waals surface area contributed by atoms with Crippen molar-refractivity contribution in [2.75, 3.05) is 45.0 Å². The summed E-state index contributed by atoms with van der Waals surface area (Å²) in [7, 11) is 1.67. The Morgan fingerprint density at radius 2 is 1.58 bits per heavy atom. The number of anilines is 1. The topological polar surface area (TPSA) is 24.9 Å². The van der Waals surface area contributed by atoms with Gasteiger partial charge in [-0.2, -0.15) is 0 Å². The molecule has 1 saturated heterocycles. The molecule has 4 nitrogen and oxygen atoms in total. The Hall–Kier alpha value is -1.46. The molecule has 172 valence electrons. The Balaban J connectivity index is 0.00000171. The Morgan fingerprint density at radius 3 is 2.23 bits per heavy atom. The number of nitrogens with zero attached hydrogens (tertiary/aromatic N) is 2. The summed E-state index contributed by atoms with van der Waals surface area (Å²) in [5.74, 6) is 1.73. The highest BCUT2D eigenvalue weighted by Gasteiger charge is 2.42. The van der Waals surface area contributed by atoms with Gasteiger partial charge in [0.2, 0.25) is 0 Å². The fourth-order valence-corrected chi connectivity index (χ4v) is 5.06. The zero-order chi connectivity index (χ0) is 20.1. The SMILES string of the molecule is COCOc1cccc(C2(N3CCN(c4ccccc4)CC3)CCC(C)CC2)c1.Cl.Cl. The molecule has 0 spiro atoms. The van der Waals surface area contributed by atoms with Gasteiger partial charge in [-0.3, -0.25) is 4.90 Å². The summed E-state index contributed by atoms with van der Waals surface area (Å²) in [6.45, 7) is 7.07. The number of halogens is 2. The number of rotatable bonds is 6. The molecule has 1 saturated carbocycles. The van der Waals surface area contributed by atoms with Crippen molar-refractivity contribution in [3.05, 3.63) is 60.2 Å². The maximum absolute atomic E-state index is 5.77. The molecule has 2 fully saturated rings. The molecule has 6 heteroatoms. The highest BCUT2D eigenvalue weighted by atomic mass is 35.5. The molecule has 1 heterocycles. The van der Waals surface area contributed by atoms with Crippen molar-refractivity contribution in [1.82, 2.24) is 4.90 Å². The van der Waals surface area contributed by atoms with Crippen molar-refractivity contribution in [3.63, 3.8) is 0 Å². The van der Waals surface area contributed by atoms with E-state index in [0.717, 1.165) is 37.8 Å². The highest BCUT2D eigenvalue weighted by molar-refractivity contribution is 5.85. The molecule has 2 aliphatic rings. The first kappa shape index (κ1) is 25.8. The number of hydrogen-bond acceptors (Lipinski definition) is 4. The van der Waals surface area contributed by atoms with Crippen LogP contribution in [0.3, 0.4) is 0 Å². The van der Waals surface area contributed by atoms with Gasteiger partial charge in [0.25, 0.3) is 0 Å². The predicted octanol–water partition coefficient (Wildman–Crippen LogP) is 5.74. The van der Waals surface area contributed by atoms with E-state index in [1.807, 2.05) is 6.07 Å². The molecule has 1 aliphatic heterocycles. The van der Waals surface area contributed by atoms with Crippen LogP contribution in [0.4, 0.5) is 5.69 Å². The first-order chi connectivity index (χ1) is 14.2. The molecule has 31 heavy (non-hydrogen) atoms. The second kappa shape index (κ2) is 12.0. The predicted molar refractivity (Wildman–Crippen MR) is 133 cm³/mol. The molecular formula is C25H36Cl2N2O2. The lowest BCUT2D eigenvalue weighted by Crippen LogP contribution is -2.56. The largest absolute Gasteiger partial charge is 0.468 e. The molecular weight excluding hydrogens is 431 g/mol. The number of methoxy groups -OCH3 is 1. The standard InChI is InChI=1S/C25H34N2O2.2ClH/c1-21-11-13-25(14-12-21,22-7-6-10-24(19-22)29-20-28-2)27-17-15-26(16-18-27)23-8-4-3-5-9-23;;/h3-10,19,21H,11-18,20H2,1-2H3;2*1H. The van der Waals surface area contributed by atoms with Gasteiger partial charge in [-0.15, -0.1) is 24.8 Å². The van der Waals surface area contributed by atoms with Crippen LogP contribution in [0.25, 0.3) is 0 Å². The molecule has 4 rings (SSSR count). The average molecular weight is 467 g/mol. The van der Waals surface area contributed by atoms with Crippen molar-refractivity contribution in [2.24, 2.45) is 5.92 Å². The summed E-state index contributed by atoms with van der Waals surface area (Å²) in [5.41, 5.74) is 2.88. The minimum Gasteiger partial charge on any atom is -0.468 e. The lowest BCUT2D eigenvalue weighted by atomic mass is 9.71. The lowest BCUT2D eigenvalue weighted by molar-refractivity contribution is 0.0285. The Bertz CT molecular complexity index is 774. The van der Waals surface area contributed by atoms with Crippen LogP contribution in [-0.2, 0) is 10.3 Å². The molecule has 0 unspecified atom stereocenters. The number of hydrogen-bond donors (Lipinski definition) is 0. The van der Waals surface area contributed by atoms with Crippen molar-refractivity contribution in [2.45, 2.75) is 38.1 Å². The molecule has 0 radical (unpaired) electrons. The summed E-state index contributed by atoms with van der Waals surface area (Å²) in [6.07, 6.45) is 5.05. The van der Waals surface area contributed by atoms with E-state index in [0.29, 0.717) is 6.79 Å². The van der Waals surface area contributed by atoms with Crippen LogP contribution < -0.4 is 9.64 Å². The third kappa shape index (κ3) is 5.87. The van der Waals surface area contributed by atoms with Crippen molar-refractivity contribution in [1.29, 1.82) is 0 Å². The van der Waals surface area contributed by atoms with Crippen molar-refractivity contribution in [3.8, 4) is 5.75 Å². The zero-order valence-corrected chi connectivity index (χ0v) is 20.3. The first-order valence-electron chi connectivity index (χ1n) is 11.0. The van der Waals surface area contributed by atoms with Gasteiger partial charge >= 0.3 is 0 Å². The summed E-state index contributed by atoms with van der Waals surface area (Å²) < 4.78 is 10.9. The quantitative estimate of drug-likeness (QED) is 0.506. The molecule has 0 aromatic heterocycles. The van der Waals surface area contributed by atoms with Crippen LogP contribution in [0, 0.1) is 5.92 Å². The smallest absolute Gasteiger partial charge is 0.188 e. The zero-order valence-electron chi connectivity index (χ0n) is 18.7. The molecule has 0 N–H and O–H groups in total. The van der Waals surface area contributed by atoms with Gasteiger partial charge in [-0.1, -0.05) is 37.3 Å². The Morgan fingerprint density at radius 1 is 0.903 bits per heavy atom. The van der Waals surface area contributed by atoms with Crippen LogP contribution in [0.5, 0.6) is 5.75 Å². The van der Waals surface area contributed by atoms with Crippen molar-refractivity contribution < 1.29 is 9.47 Å². The number of para-hydroxylation sites is 1. The second-order valence-electron chi connectivity index (χ2n) is 8.60. The van der Waals surface area contributed by atoms with Crippen LogP contribution >= 0.6 is 24.8 Å². The van der Waals surface area contributed by atoms with Crippen LogP contribution in [0.15, 0.2) is 54.6 Å². The minimum absolute atomic E-state index is 0. The van der Waals surface area contributed by atoms with Gasteiger partial charge in [-0.05, 0) is 61.4 Å². The van der Waals surface area contributed by atoms with E-state index < -0.39 is 0 Å². The van der Waals surface area contributed by atoms with Gasteiger partial charge in [0, 0.05) is 44.5 Å². The van der Waals surface area contributed by atoms with Crippen LogP contribution in [0.1, 0.15) is 38.2 Å². The number of ether oxygens (including phenoxy) is 2. The maximum atomic E-state index is 5.77. The lowest BCUT2D eigenvalue weighted by Gasteiger charge is -2.51. The molecule has 0 atom stereocenters. The van der Waals surface area contributed by atoms with Crippen LogP contribution in [0.2, 0.25) is 0 Å². The van der Waals surface area contributed by atoms with Gasteiger partial charge in [0.05, 0.1) is 0 Å². The van der Waals surface area contributed by atoms with Gasteiger partial charge in [-0.25, -0.2) is 0 Å². The maximum Gasteiger partial charge on any atom is 0.188 e. The highest BCUT2D eigenvalue weighted by Crippen LogP contribution is 2.45. The number of piperazine rings is 1. The van der Waals surface area contributed by atoms with Crippen LogP contribution in [-0.4, -0.2) is 45.0 Å². The summed E-state index contributed by atoms with van der Waals surface area (Å²) in [5, 5.41) is 0. The fourth-order valence-electron chi connectivity index (χ4n) is 5.06. The Kier molecular flexibility index (Phi) is 9.95. The summed E-state index contributed by atoms with van der Waals surface area (Å²) in [4.78, 5) is 5.28. The molecule has 2 aromatic rings. The van der Waals surface area contributed by atoms with Gasteiger partial charge in [0.15, 0.2) is 6.79 Å². The van der Waals surface area contributed by atoms with E-state index in [1.165, 1.54) is 36.9 Å². The van der Waals surface area contributed by atoms with E-state index in [9.17, 15) is 0 Å². The van der Waals surface area contributed by atoms with E-state index in [4.69, 9.17) is 9.47 Å². The molecule has 0 bridgehead atoms. The molecule has 0 amide bonds. The summed E-state index contributed by atoms with van der Waals surface area (Å²) >= 11 is 0. The van der Waals surface area contributed by atoms with Gasteiger partial charge < -0.3 is 14.4 Å². The third-order valence-corrected chi connectivity index (χ3v) is 6.82. The van der Waals surface area contributed by atoms with E-state index in [2.05, 4.69) is 65.3 Å². The van der Waals surface area contributed by atoms with E-state index in [1.54, 1.807) is 7.11 Å². The van der Waals surface area contributed by atoms with Crippen molar-refractivity contribution >= 4 is 30.5 Å². The van der Waals surface area contributed by atoms with E-state index >= 15 is 0 Å². The summed E-state index contributed by atoms with van der Waals surface area (Å²) in [6, 6.07) is 19.5.